The first kappa shape index (κ1) is 21.7. The molecule has 0 aromatic heterocycles. The molecule has 0 saturated carbocycles. The second kappa shape index (κ2) is 9.08. The van der Waals surface area contributed by atoms with E-state index in [2.05, 4.69) is 5.32 Å². The molecule has 0 bridgehead atoms. The summed E-state index contributed by atoms with van der Waals surface area (Å²) in [5.74, 6) is 0.256. The van der Waals surface area contributed by atoms with Crippen LogP contribution >= 0.6 is 0 Å². The lowest BCUT2D eigenvalue weighted by molar-refractivity contribution is -0.148. The third-order valence-corrected chi connectivity index (χ3v) is 4.63. The quantitative estimate of drug-likeness (QED) is 0.724. The van der Waals surface area contributed by atoms with Crippen LogP contribution in [0.5, 0.6) is 5.75 Å². The van der Waals surface area contributed by atoms with E-state index in [0.717, 1.165) is 11.3 Å². The average molecular weight is 390 g/mol. The molecule has 7 nitrogen and oxygen atoms in total. The van der Waals surface area contributed by atoms with Crippen molar-refractivity contribution in [3.63, 3.8) is 0 Å². The molecule has 1 aromatic carbocycles. The number of rotatable bonds is 7. The van der Waals surface area contributed by atoms with Gasteiger partial charge in [-0.2, -0.15) is 0 Å². The van der Waals surface area contributed by atoms with Crippen molar-refractivity contribution in [2.75, 3.05) is 18.5 Å². The summed E-state index contributed by atoms with van der Waals surface area (Å²) in [6, 6.07) is 5.51. The van der Waals surface area contributed by atoms with Gasteiger partial charge in [0, 0.05) is 50.0 Å². The van der Waals surface area contributed by atoms with E-state index < -0.39 is 6.10 Å². The van der Waals surface area contributed by atoms with Crippen molar-refractivity contribution in [2.24, 2.45) is 0 Å². The van der Waals surface area contributed by atoms with Gasteiger partial charge < -0.3 is 19.7 Å². The molecular weight excluding hydrogens is 360 g/mol. The maximum Gasteiger partial charge on any atom is 0.303 e. The molecule has 0 radical (unpaired) electrons. The summed E-state index contributed by atoms with van der Waals surface area (Å²) in [5.41, 5.74) is 1.39. The zero-order valence-electron chi connectivity index (χ0n) is 17.3. The Kier molecular flexibility index (Phi) is 7.05. The number of nitrogens with zero attached hydrogens (tertiary/aromatic N) is 1. The predicted octanol–water partition coefficient (Wildman–Crippen LogP) is 2.92. The number of carbonyl (C=O) groups excluding carboxylic acids is 3. The number of nitrogens with one attached hydrogen (secondary N) is 1. The molecular formula is C21H30N2O5. The predicted molar refractivity (Wildman–Crippen MR) is 106 cm³/mol. The van der Waals surface area contributed by atoms with Crippen molar-refractivity contribution in [3.05, 3.63) is 23.8 Å². The lowest BCUT2D eigenvalue weighted by Gasteiger charge is -2.35. The Balaban J connectivity index is 2.05. The van der Waals surface area contributed by atoms with Crippen LogP contribution in [0.3, 0.4) is 0 Å². The van der Waals surface area contributed by atoms with Gasteiger partial charge in [0.25, 0.3) is 0 Å². The van der Waals surface area contributed by atoms with Crippen LogP contribution in [0.2, 0.25) is 0 Å². The second-order valence-corrected chi connectivity index (χ2v) is 8.00. The molecule has 2 amide bonds. The van der Waals surface area contributed by atoms with Gasteiger partial charge in [0.15, 0.2) is 0 Å². The largest absolute Gasteiger partial charge is 0.489 e. The first-order chi connectivity index (χ1) is 13.1. The number of hydrogen-bond acceptors (Lipinski definition) is 5. The van der Waals surface area contributed by atoms with Crippen LogP contribution in [0.4, 0.5) is 5.69 Å². The maximum absolute atomic E-state index is 11.9. The molecule has 1 aliphatic heterocycles. The van der Waals surface area contributed by atoms with Crippen LogP contribution in [0.15, 0.2) is 18.2 Å². The lowest BCUT2D eigenvalue weighted by atomic mass is 10.0. The maximum atomic E-state index is 11.9. The molecule has 0 fully saturated rings. The Morgan fingerprint density at radius 3 is 2.54 bits per heavy atom. The van der Waals surface area contributed by atoms with Crippen LogP contribution in [-0.4, -0.2) is 47.5 Å². The number of esters is 1. The second-order valence-electron chi connectivity index (χ2n) is 8.00. The Labute approximate surface area is 166 Å². The topological polar surface area (TPSA) is 84.9 Å². The van der Waals surface area contributed by atoms with Gasteiger partial charge in [-0.05, 0) is 39.3 Å². The third kappa shape index (κ3) is 5.97. The van der Waals surface area contributed by atoms with E-state index >= 15 is 0 Å². The molecule has 7 heteroatoms. The van der Waals surface area contributed by atoms with Crippen molar-refractivity contribution >= 4 is 23.5 Å². The van der Waals surface area contributed by atoms with Gasteiger partial charge in [0.1, 0.15) is 18.5 Å². The Bertz CT molecular complexity index is 739. The molecule has 0 saturated heterocycles. The minimum atomic E-state index is -0.476. The van der Waals surface area contributed by atoms with Gasteiger partial charge in [0.05, 0.1) is 0 Å². The van der Waals surface area contributed by atoms with Crippen LogP contribution in [0.25, 0.3) is 0 Å². The van der Waals surface area contributed by atoms with Crippen molar-refractivity contribution in [1.82, 2.24) is 4.90 Å². The molecule has 2 rings (SSSR count). The Morgan fingerprint density at radius 2 is 1.93 bits per heavy atom. The zero-order chi connectivity index (χ0) is 20.9. The van der Waals surface area contributed by atoms with E-state index in [0.29, 0.717) is 31.6 Å². The van der Waals surface area contributed by atoms with Crippen molar-refractivity contribution in [2.45, 2.75) is 65.5 Å². The molecule has 1 aliphatic rings. The number of carbonyl (C=O) groups is 3. The number of hydrogen-bond donors (Lipinski definition) is 1. The fraction of sp³-hybridized carbons (Fsp3) is 0.571. The molecule has 1 aromatic rings. The Morgan fingerprint density at radius 1 is 1.21 bits per heavy atom. The van der Waals surface area contributed by atoms with Gasteiger partial charge in [-0.25, -0.2) is 0 Å². The average Bonchev–Trinajstić information content (AvgIpc) is 2.57. The van der Waals surface area contributed by atoms with Crippen LogP contribution in [0, 0.1) is 0 Å². The van der Waals surface area contributed by atoms with E-state index in [1.54, 1.807) is 4.90 Å². The summed E-state index contributed by atoms with van der Waals surface area (Å²) in [4.78, 5) is 36.8. The molecule has 28 heavy (non-hydrogen) atoms. The summed E-state index contributed by atoms with van der Waals surface area (Å²) < 4.78 is 11.4. The van der Waals surface area contributed by atoms with E-state index in [-0.39, 0.29) is 29.9 Å². The highest BCUT2D eigenvalue weighted by molar-refractivity contribution is 5.94. The van der Waals surface area contributed by atoms with Gasteiger partial charge in [-0.3, -0.25) is 14.4 Å². The third-order valence-electron chi connectivity index (χ3n) is 4.63. The Hall–Kier alpha value is -2.57. The molecule has 1 unspecified atom stereocenters. The van der Waals surface area contributed by atoms with Crippen LogP contribution in [0.1, 0.15) is 53.0 Å². The standard InChI is InChI=1S/C21H30N2O5/c1-14(24)23(21(3,4)5)12-11-16(28-15(2)25)13-27-19-8-6-7-18-17(19)9-10-20(26)22-18/h6-8,16H,9-13H2,1-5H3,(H,22,26). The van der Waals surface area contributed by atoms with Crippen LogP contribution in [-0.2, 0) is 25.5 Å². The van der Waals surface area contributed by atoms with Gasteiger partial charge in [-0.15, -0.1) is 0 Å². The molecule has 0 spiro atoms. The number of benzene rings is 1. The van der Waals surface area contributed by atoms with Gasteiger partial charge >= 0.3 is 5.97 Å². The highest BCUT2D eigenvalue weighted by Gasteiger charge is 2.26. The minimum absolute atomic E-state index is 0.00561. The summed E-state index contributed by atoms with van der Waals surface area (Å²) in [7, 11) is 0. The summed E-state index contributed by atoms with van der Waals surface area (Å²) >= 11 is 0. The monoisotopic (exact) mass is 390 g/mol. The van der Waals surface area contributed by atoms with E-state index in [4.69, 9.17) is 9.47 Å². The molecule has 1 N–H and O–H groups in total. The first-order valence-corrected chi connectivity index (χ1v) is 9.58. The smallest absolute Gasteiger partial charge is 0.303 e. The minimum Gasteiger partial charge on any atom is -0.489 e. The SMILES string of the molecule is CC(=O)OC(CCN(C(C)=O)C(C)(C)C)COc1cccc2c1CCC(=O)N2. The van der Waals surface area contributed by atoms with E-state index in [1.165, 1.54) is 13.8 Å². The highest BCUT2D eigenvalue weighted by atomic mass is 16.6. The summed E-state index contributed by atoms with van der Waals surface area (Å²) in [5, 5.41) is 2.84. The first-order valence-electron chi connectivity index (χ1n) is 9.58. The highest BCUT2D eigenvalue weighted by Crippen LogP contribution is 2.31. The number of amides is 2. The normalized spacial score (nSPS) is 14.5. The van der Waals surface area contributed by atoms with E-state index in [1.807, 2.05) is 39.0 Å². The fourth-order valence-electron chi connectivity index (χ4n) is 3.36. The van der Waals surface area contributed by atoms with Crippen LogP contribution < -0.4 is 10.1 Å². The number of fused-ring (bicyclic) bond motifs is 1. The van der Waals surface area contributed by atoms with E-state index in [9.17, 15) is 14.4 Å². The molecule has 154 valence electrons. The van der Waals surface area contributed by atoms with Crippen molar-refractivity contribution < 1.29 is 23.9 Å². The zero-order valence-corrected chi connectivity index (χ0v) is 17.3. The molecule has 1 heterocycles. The fourth-order valence-corrected chi connectivity index (χ4v) is 3.36. The lowest BCUT2D eigenvalue weighted by Crippen LogP contribution is -2.46. The summed E-state index contributed by atoms with van der Waals surface area (Å²) in [6.45, 7) is 9.44. The molecule has 1 atom stereocenters. The van der Waals surface area contributed by atoms with Crippen molar-refractivity contribution in [1.29, 1.82) is 0 Å². The number of anilines is 1. The molecule has 0 aliphatic carbocycles. The number of ether oxygens (including phenoxy) is 2. The summed E-state index contributed by atoms with van der Waals surface area (Å²) in [6.07, 6.45) is 1.02. The van der Waals surface area contributed by atoms with Crippen molar-refractivity contribution in [3.8, 4) is 5.75 Å². The van der Waals surface area contributed by atoms with Gasteiger partial charge in [0.2, 0.25) is 11.8 Å². The van der Waals surface area contributed by atoms with Gasteiger partial charge in [-0.1, -0.05) is 6.07 Å².